The first-order valence-corrected chi connectivity index (χ1v) is 7.58. The maximum atomic E-state index is 12.8. The molecule has 1 saturated heterocycles. The van der Waals surface area contributed by atoms with E-state index in [4.69, 9.17) is 0 Å². The molecule has 1 atom stereocenters. The third-order valence-corrected chi connectivity index (χ3v) is 4.08. The van der Waals surface area contributed by atoms with Gasteiger partial charge in [0.1, 0.15) is 5.56 Å². The van der Waals surface area contributed by atoms with E-state index >= 15 is 0 Å². The zero-order valence-electron chi connectivity index (χ0n) is 12.6. The number of aromatic amines is 1. The number of likely N-dealkylation sites (tertiary alicyclic amines) is 1. The summed E-state index contributed by atoms with van der Waals surface area (Å²) in [6, 6.07) is 7.15. The van der Waals surface area contributed by atoms with Crippen molar-refractivity contribution in [1.29, 1.82) is 0 Å². The Bertz CT molecular complexity index is 724. The minimum atomic E-state index is -0.230. The minimum Gasteiger partial charge on any atom is -0.364 e. The predicted molar refractivity (Wildman–Crippen MR) is 83.7 cm³/mol. The lowest BCUT2D eigenvalue weighted by Gasteiger charge is -2.35. The van der Waals surface area contributed by atoms with Crippen molar-refractivity contribution in [2.24, 2.45) is 0 Å². The molecule has 0 aromatic carbocycles. The van der Waals surface area contributed by atoms with Crippen LogP contribution in [0.3, 0.4) is 0 Å². The Labute approximate surface area is 129 Å². The van der Waals surface area contributed by atoms with Crippen molar-refractivity contribution in [2.75, 3.05) is 6.54 Å². The maximum absolute atomic E-state index is 12.8. The molecule has 22 heavy (non-hydrogen) atoms. The van der Waals surface area contributed by atoms with Gasteiger partial charge in [-0.25, -0.2) is 0 Å². The van der Waals surface area contributed by atoms with Gasteiger partial charge in [0.15, 0.2) is 5.43 Å². The number of carbonyl (C=O) groups is 1. The number of rotatable bonds is 2. The highest BCUT2D eigenvalue weighted by Crippen LogP contribution is 2.30. The predicted octanol–water partition coefficient (Wildman–Crippen LogP) is 2.45. The van der Waals surface area contributed by atoms with Crippen molar-refractivity contribution in [3.8, 4) is 0 Å². The van der Waals surface area contributed by atoms with E-state index in [-0.39, 0.29) is 22.9 Å². The molecule has 2 aromatic heterocycles. The van der Waals surface area contributed by atoms with E-state index in [1.54, 1.807) is 18.0 Å². The second kappa shape index (κ2) is 6.13. The molecule has 2 aromatic rings. The van der Waals surface area contributed by atoms with Gasteiger partial charge in [-0.15, -0.1) is 0 Å². The number of hydrogen-bond acceptors (Lipinski definition) is 3. The van der Waals surface area contributed by atoms with Crippen molar-refractivity contribution >= 4 is 5.91 Å². The van der Waals surface area contributed by atoms with Gasteiger partial charge in [-0.3, -0.25) is 14.6 Å². The lowest BCUT2D eigenvalue weighted by atomic mass is 9.98. The molecular formula is C17H19N3O2. The largest absolute Gasteiger partial charge is 0.364 e. The Morgan fingerprint density at radius 1 is 1.36 bits per heavy atom. The topological polar surface area (TPSA) is 66.1 Å². The number of nitrogens with zero attached hydrogens (tertiary/aromatic N) is 2. The highest BCUT2D eigenvalue weighted by atomic mass is 16.2. The lowest BCUT2D eigenvalue weighted by molar-refractivity contribution is 0.0604. The standard InChI is InChI=1S/C17H19N3O2/c1-12-10-16(21)13(11-19-12)17(22)20-9-5-3-7-15(20)14-6-2-4-8-18-14/h2,4,6,8,10-11,15H,3,5,7,9H2,1H3,(H,19,21). The number of hydrogen-bond donors (Lipinski definition) is 1. The van der Waals surface area contributed by atoms with Gasteiger partial charge in [0.2, 0.25) is 0 Å². The number of nitrogens with one attached hydrogen (secondary N) is 1. The van der Waals surface area contributed by atoms with Gasteiger partial charge in [0, 0.05) is 30.7 Å². The second-order valence-corrected chi connectivity index (χ2v) is 5.66. The van der Waals surface area contributed by atoms with Crippen LogP contribution in [-0.4, -0.2) is 27.3 Å². The molecule has 5 heteroatoms. The third-order valence-electron chi connectivity index (χ3n) is 4.08. The average molecular weight is 297 g/mol. The maximum Gasteiger partial charge on any atom is 0.259 e. The van der Waals surface area contributed by atoms with E-state index in [0.29, 0.717) is 6.54 Å². The number of carbonyl (C=O) groups excluding carboxylic acids is 1. The van der Waals surface area contributed by atoms with Crippen LogP contribution in [0.5, 0.6) is 0 Å². The molecule has 0 saturated carbocycles. The summed E-state index contributed by atoms with van der Waals surface area (Å²) in [6.45, 7) is 2.46. The van der Waals surface area contributed by atoms with Crippen molar-refractivity contribution in [2.45, 2.75) is 32.2 Å². The van der Waals surface area contributed by atoms with E-state index in [0.717, 1.165) is 30.7 Å². The number of aryl methyl sites for hydroxylation is 1. The highest BCUT2D eigenvalue weighted by molar-refractivity contribution is 5.94. The number of aromatic nitrogens is 2. The molecule has 1 amide bonds. The van der Waals surface area contributed by atoms with Gasteiger partial charge in [0.05, 0.1) is 11.7 Å². The van der Waals surface area contributed by atoms with Crippen LogP contribution in [0.25, 0.3) is 0 Å². The van der Waals surface area contributed by atoms with Gasteiger partial charge in [0.25, 0.3) is 5.91 Å². The number of H-pyrrole nitrogens is 1. The summed E-state index contributed by atoms with van der Waals surface area (Å²) in [5, 5.41) is 0. The SMILES string of the molecule is Cc1cc(=O)c(C(=O)N2CCCCC2c2ccccn2)c[nH]1. The fraction of sp³-hybridized carbons (Fsp3) is 0.353. The summed E-state index contributed by atoms with van der Waals surface area (Å²) in [7, 11) is 0. The fourth-order valence-electron chi connectivity index (χ4n) is 2.95. The van der Waals surface area contributed by atoms with Crippen LogP contribution in [-0.2, 0) is 0 Å². The minimum absolute atomic E-state index is 0.0526. The Kier molecular flexibility index (Phi) is 4.04. The molecule has 3 heterocycles. The Morgan fingerprint density at radius 3 is 2.95 bits per heavy atom. The summed E-state index contributed by atoms with van der Waals surface area (Å²) in [5.74, 6) is -0.211. The summed E-state index contributed by atoms with van der Waals surface area (Å²) in [6.07, 6.45) is 6.16. The molecule has 1 aliphatic rings. The van der Waals surface area contributed by atoms with E-state index in [1.807, 2.05) is 18.2 Å². The fourth-order valence-corrected chi connectivity index (χ4v) is 2.95. The molecule has 114 valence electrons. The van der Waals surface area contributed by atoms with Crippen LogP contribution < -0.4 is 5.43 Å². The van der Waals surface area contributed by atoms with E-state index < -0.39 is 0 Å². The second-order valence-electron chi connectivity index (χ2n) is 5.66. The number of piperidine rings is 1. The zero-order valence-corrected chi connectivity index (χ0v) is 12.6. The normalized spacial score (nSPS) is 18.2. The molecule has 0 bridgehead atoms. The Balaban J connectivity index is 1.93. The molecule has 3 rings (SSSR count). The van der Waals surface area contributed by atoms with E-state index in [2.05, 4.69) is 9.97 Å². The molecular weight excluding hydrogens is 278 g/mol. The molecule has 0 aliphatic carbocycles. The van der Waals surface area contributed by atoms with Crippen LogP contribution in [0.4, 0.5) is 0 Å². The first kappa shape index (κ1) is 14.5. The molecule has 1 N–H and O–H groups in total. The quantitative estimate of drug-likeness (QED) is 0.926. The van der Waals surface area contributed by atoms with Gasteiger partial charge < -0.3 is 9.88 Å². The highest BCUT2D eigenvalue weighted by Gasteiger charge is 2.30. The first-order valence-electron chi connectivity index (χ1n) is 7.58. The lowest BCUT2D eigenvalue weighted by Crippen LogP contribution is -2.40. The van der Waals surface area contributed by atoms with Crippen LogP contribution >= 0.6 is 0 Å². The van der Waals surface area contributed by atoms with Gasteiger partial charge >= 0.3 is 0 Å². The Hall–Kier alpha value is -2.43. The molecule has 1 unspecified atom stereocenters. The Morgan fingerprint density at radius 2 is 2.23 bits per heavy atom. The van der Waals surface area contributed by atoms with Crippen LogP contribution in [0.1, 0.15) is 47.1 Å². The molecule has 0 spiro atoms. The van der Waals surface area contributed by atoms with Crippen molar-refractivity contribution < 1.29 is 4.79 Å². The van der Waals surface area contributed by atoms with Crippen molar-refractivity contribution in [3.05, 3.63) is 63.8 Å². The molecule has 1 aliphatic heterocycles. The number of pyridine rings is 2. The summed E-state index contributed by atoms with van der Waals surface area (Å²) < 4.78 is 0. The summed E-state index contributed by atoms with van der Waals surface area (Å²) >= 11 is 0. The van der Waals surface area contributed by atoms with Crippen LogP contribution in [0, 0.1) is 6.92 Å². The van der Waals surface area contributed by atoms with Crippen LogP contribution in [0.15, 0.2) is 41.5 Å². The van der Waals surface area contributed by atoms with Gasteiger partial charge in [-0.05, 0) is 38.3 Å². The first-order chi connectivity index (χ1) is 10.7. The van der Waals surface area contributed by atoms with Gasteiger partial charge in [-0.2, -0.15) is 0 Å². The van der Waals surface area contributed by atoms with Crippen molar-refractivity contribution in [1.82, 2.24) is 14.9 Å². The van der Waals surface area contributed by atoms with E-state index in [1.165, 1.54) is 12.3 Å². The average Bonchev–Trinajstić information content (AvgIpc) is 2.55. The number of amides is 1. The zero-order chi connectivity index (χ0) is 15.5. The molecule has 5 nitrogen and oxygen atoms in total. The summed E-state index contributed by atoms with van der Waals surface area (Å²) in [4.78, 5) is 34.0. The monoisotopic (exact) mass is 297 g/mol. The third kappa shape index (κ3) is 2.79. The summed E-state index contributed by atoms with van der Waals surface area (Å²) in [5.41, 5.74) is 1.61. The van der Waals surface area contributed by atoms with E-state index in [9.17, 15) is 9.59 Å². The van der Waals surface area contributed by atoms with Crippen molar-refractivity contribution in [3.63, 3.8) is 0 Å². The van der Waals surface area contributed by atoms with Crippen LogP contribution in [0.2, 0.25) is 0 Å². The molecule has 1 fully saturated rings. The smallest absolute Gasteiger partial charge is 0.259 e. The molecule has 0 radical (unpaired) electrons. The van der Waals surface area contributed by atoms with Gasteiger partial charge in [-0.1, -0.05) is 6.07 Å².